The minimum atomic E-state index is 0.545. The molecule has 90 valence electrons. The van der Waals surface area contributed by atoms with E-state index in [9.17, 15) is 0 Å². The molecule has 0 fully saturated rings. The van der Waals surface area contributed by atoms with Gasteiger partial charge in [-0.15, -0.1) is 0 Å². The maximum Gasteiger partial charge on any atom is 0.223 e. The molecule has 0 spiro atoms. The molecule has 17 heavy (non-hydrogen) atoms. The zero-order valence-corrected chi connectivity index (χ0v) is 10.2. The van der Waals surface area contributed by atoms with E-state index >= 15 is 0 Å². The van der Waals surface area contributed by atoms with Gasteiger partial charge in [-0.3, -0.25) is 0 Å². The van der Waals surface area contributed by atoms with Crippen LogP contribution in [0, 0.1) is 13.8 Å². The van der Waals surface area contributed by atoms with Crippen molar-refractivity contribution in [3.8, 4) is 5.75 Å². The second-order valence-corrected chi connectivity index (χ2v) is 3.77. The first-order valence-corrected chi connectivity index (χ1v) is 5.37. The van der Waals surface area contributed by atoms with E-state index in [2.05, 4.69) is 15.5 Å². The first kappa shape index (κ1) is 11.4. The van der Waals surface area contributed by atoms with Crippen LogP contribution >= 0.6 is 0 Å². The zero-order chi connectivity index (χ0) is 12.3. The second-order valence-electron chi connectivity index (χ2n) is 3.77. The Kier molecular flexibility index (Phi) is 3.27. The van der Waals surface area contributed by atoms with Gasteiger partial charge in [-0.2, -0.15) is 4.98 Å². The Bertz CT molecular complexity index is 508. The summed E-state index contributed by atoms with van der Waals surface area (Å²) < 4.78 is 10.1. The van der Waals surface area contributed by atoms with Crippen molar-refractivity contribution in [3.05, 3.63) is 35.5 Å². The highest BCUT2D eigenvalue weighted by atomic mass is 16.5. The lowest BCUT2D eigenvalue weighted by atomic mass is 10.2. The van der Waals surface area contributed by atoms with Crippen LogP contribution in [-0.2, 0) is 6.54 Å². The molecule has 0 amide bonds. The number of methoxy groups -OCH3 is 1. The number of anilines is 1. The van der Waals surface area contributed by atoms with Gasteiger partial charge in [0.1, 0.15) is 5.75 Å². The van der Waals surface area contributed by atoms with E-state index < -0.39 is 0 Å². The second kappa shape index (κ2) is 4.86. The molecule has 0 saturated heterocycles. The van der Waals surface area contributed by atoms with Gasteiger partial charge < -0.3 is 14.6 Å². The van der Waals surface area contributed by atoms with Crippen molar-refractivity contribution in [1.29, 1.82) is 0 Å². The number of hydrogen-bond donors (Lipinski definition) is 1. The van der Waals surface area contributed by atoms with Gasteiger partial charge in [0.15, 0.2) is 5.82 Å². The molecule has 0 radical (unpaired) electrons. The molecular weight excluding hydrogens is 218 g/mol. The number of nitrogens with one attached hydrogen (secondary N) is 1. The van der Waals surface area contributed by atoms with Gasteiger partial charge in [-0.1, -0.05) is 5.16 Å². The predicted octanol–water partition coefficient (Wildman–Crippen LogP) is 2.31. The molecule has 2 aromatic rings. The quantitative estimate of drug-likeness (QED) is 0.878. The molecule has 0 unspecified atom stereocenters. The summed E-state index contributed by atoms with van der Waals surface area (Å²) in [5.41, 5.74) is 2.09. The van der Waals surface area contributed by atoms with E-state index in [1.807, 2.05) is 25.1 Å². The SMILES string of the molecule is COc1ccc(NCc2noc(C)n2)cc1C. The summed E-state index contributed by atoms with van der Waals surface area (Å²) in [6.45, 7) is 4.32. The molecule has 0 aliphatic rings. The maximum absolute atomic E-state index is 5.20. The summed E-state index contributed by atoms with van der Waals surface area (Å²) >= 11 is 0. The average Bonchev–Trinajstić information content (AvgIpc) is 2.73. The van der Waals surface area contributed by atoms with Crippen LogP contribution in [0.3, 0.4) is 0 Å². The van der Waals surface area contributed by atoms with Crippen LogP contribution in [0.5, 0.6) is 5.75 Å². The molecule has 0 atom stereocenters. The van der Waals surface area contributed by atoms with Gasteiger partial charge >= 0.3 is 0 Å². The van der Waals surface area contributed by atoms with Crippen LogP contribution in [0.25, 0.3) is 0 Å². The molecule has 2 rings (SSSR count). The van der Waals surface area contributed by atoms with E-state index in [0.717, 1.165) is 17.0 Å². The number of nitrogens with zero attached hydrogens (tertiary/aromatic N) is 2. The predicted molar refractivity (Wildman–Crippen MR) is 64.1 cm³/mol. The molecule has 0 aliphatic carbocycles. The lowest BCUT2D eigenvalue weighted by Gasteiger charge is -2.08. The molecule has 0 saturated carbocycles. The van der Waals surface area contributed by atoms with Crippen LogP contribution < -0.4 is 10.1 Å². The first-order chi connectivity index (χ1) is 8.19. The summed E-state index contributed by atoms with van der Waals surface area (Å²) in [4.78, 5) is 4.12. The monoisotopic (exact) mass is 233 g/mol. The minimum absolute atomic E-state index is 0.545. The lowest BCUT2D eigenvalue weighted by Crippen LogP contribution is -2.01. The van der Waals surface area contributed by atoms with Crippen molar-refractivity contribution in [2.75, 3.05) is 12.4 Å². The number of rotatable bonds is 4. The summed E-state index contributed by atoms with van der Waals surface area (Å²) in [6.07, 6.45) is 0. The van der Waals surface area contributed by atoms with Crippen LogP contribution in [0.15, 0.2) is 22.7 Å². The Balaban J connectivity index is 2.02. The number of aryl methyl sites for hydroxylation is 2. The van der Waals surface area contributed by atoms with Crippen molar-refractivity contribution in [2.24, 2.45) is 0 Å². The Morgan fingerprint density at radius 1 is 1.35 bits per heavy atom. The summed E-state index contributed by atoms with van der Waals surface area (Å²) in [5.74, 6) is 2.11. The van der Waals surface area contributed by atoms with E-state index in [1.165, 1.54) is 0 Å². The van der Waals surface area contributed by atoms with Crippen molar-refractivity contribution < 1.29 is 9.26 Å². The third-order valence-electron chi connectivity index (χ3n) is 2.42. The van der Waals surface area contributed by atoms with E-state index in [1.54, 1.807) is 14.0 Å². The average molecular weight is 233 g/mol. The standard InChI is InChI=1S/C12H15N3O2/c1-8-6-10(4-5-11(8)16-3)13-7-12-14-9(2)17-15-12/h4-6,13H,7H2,1-3H3. The molecule has 5 heteroatoms. The van der Waals surface area contributed by atoms with Crippen molar-refractivity contribution >= 4 is 5.69 Å². The molecule has 1 heterocycles. The number of aromatic nitrogens is 2. The Morgan fingerprint density at radius 3 is 2.76 bits per heavy atom. The van der Waals surface area contributed by atoms with Crippen LogP contribution in [-0.4, -0.2) is 17.3 Å². The molecule has 1 aromatic carbocycles. The van der Waals surface area contributed by atoms with Gasteiger partial charge in [0.05, 0.1) is 13.7 Å². The lowest BCUT2D eigenvalue weighted by molar-refractivity contribution is 0.388. The zero-order valence-electron chi connectivity index (χ0n) is 10.2. The van der Waals surface area contributed by atoms with Gasteiger partial charge in [-0.25, -0.2) is 0 Å². The van der Waals surface area contributed by atoms with Crippen molar-refractivity contribution in [2.45, 2.75) is 20.4 Å². The summed E-state index contributed by atoms with van der Waals surface area (Å²) in [7, 11) is 1.66. The van der Waals surface area contributed by atoms with E-state index in [4.69, 9.17) is 9.26 Å². The highest BCUT2D eigenvalue weighted by Gasteiger charge is 2.03. The third-order valence-corrected chi connectivity index (χ3v) is 2.42. The summed E-state index contributed by atoms with van der Waals surface area (Å²) in [6, 6.07) is 5.91. The summed E-state index contributed by atoms with van der Waals surface area (Å²) in [5, 5.41) is 7.04. The number of hydrogen-bond acceptors (Lipinski definition) is 5. The van der Waals surface area contributed by atoms with Gasteiger partial charge in [0.25, 0.3) is 0 Å². The Labute approximate surface area is 99.8 Å². The van der Waals surface area contributed by atoms with E-state index in [0.29, 0.717) is 18.3 Å². The topological polar surface area (TPSA) is 60.2 Å². The highest BCUT2D eigenvalue weighted by molar-refractivity contribution is 5.50. The number of ether oxygens (including phenoxy) is 1. The first-order valence-electron chi connectivity index (χ1n) is 5.37. The molecule has 5 nitrogen and oxygen atoms in total. The van der Waals surface area contributed by atoms with Crippen LogP contribution in [0.1, 0.15) is 17.3 Å². The third kappa shape index (κ3) is 2.75. The Morgan fingerprint density at radius 2 is 2.18 bits per heavy atom. The van der Waals surface area contributed by atoms with Crippen LogP contribution in [0.4, 0.5) is 5.69 Å². The highest BCUT2D eigenvalue weighted by Crippen LogP contribution is 2.21. The smallest absolute Gasteiger partial charge is 0.223 e. The molecular formula is C12H15N3O2. The normalized spacial score (nSPS) is 10.3. The minimum Gasteiger partial charge on any atom is -0.496 e. The van der Waals surface area contributed by atoms with Crippen molar-refractivity contribution in [1.82, 2.24) is 10.1 Å². The fourth-order valence-electron chi connectivity index (χ4n) is 1.58. The van der Waals surface area contributed by atoms with Gasteiger partial charge in [0, 0.05) is 12.6 Å². The number of benzene rings is 1. The molecule has 1 N–H and O–H groups in total. The Hall–Kier alpha value is -2.04. The van der Waals surface area contributed by atoms with Gasteiger partial charge in [-0.05, 0) is 30.7 Å². The largest absolute Gasteiger partial charge is 0.496 e. The molecule has 0 bridgehead atoms. The fourth-order valence-corrected chi connectivity index (χ4v) is 1.58. The van der Waals surface area contributed by atoms with Gasteiger partial charge in [0.2, 0.25) is 5.89 Å². The van der Waals surface area contributed by atoms with E-state index in [-0.39, 0.29) is 0 Å². The molecule has 0 aliphatic heterocycles. The maximum atomic E-state index is 5.20. The fraction of sp³-hybridized carbons (Fsp3) is 0.333. The molecule has 1 aromatic heterocycles. The van der Waals surface area contributed by atoms with Crippen LogP contribution in [0.2, 0.25) is 0 Å². The van der Waals surface area contributed by atoms with Crippen molar-refractivity contribution in [3.63, 3.8) is 0 Å².